The van der Waals surface area contributed by atoms with Gasteiger partial charge in [-0.15, -0.1) is 0 Å². The Bertz CT molecular complexity index is 530. The van der Waals surface area contributed by atoms with Crippen LogP contribution in [-0.2, 0) is 6.42 Å². The molecule has 1 aliphatic carbocycles. The van der Waals surface area contributed by atoms with Crippen LogP contribution in [0.2, 0.25) is 0 Å². The smallest absolute Gasteiger partial charge is 0.0718 e. The average molecular weight is 354 g/mol. The number of aryl methyl sites for hydroxylation is 1. The highest BCUT2D eigenvalue weighted by molar-refractivity contribution is 5.29. The summed E-state index contributed by atoms with van der Waals surface area (Å²) in [5, 5.41) is 9.87. The summed E-state index contributed by atoms with van der Waals surface area (Å²) < 4.78 is 0. The normalized spacial score (nSPS) is 17.6. The lowest BCUT2D eigenvalue weighted by molar-refractivity contribution is 0.148. The minimum absolute atomic E-state index is 0.0686. The molecule has 1 fully saturated rings. The molecule has 0 aromatic heterocycles. The van der Waals surface area contributed by atoms with Crippen molar-refractivity contribution >= 4 is 0 Å². The van der Waals surface area contributed by atoms with Crippen LogP contribution < -0.4 is 0 Å². The van der Waals surface area contributed by atoms with Gasteiger partial charge in [0.15, 0.2) is 0 Å². The summed E-state index contributed by atoms with van der Waals surface area (Å²) in [6.45, 7) is 4.55. The van der Waals surface area contributed by atoms with Crippen molar-refractivity contribution in [2.24, 2.45) is 5.41 Å². The van der Waals surface area contributed by atoms with Gasteiger partial charge in [0.1, 0.15) is 0 Å². The predicted octanol–water partition coefficient (Wildman–Crippen LogP) is 7.95. The van der Waals surface area contributed by atoms with Crippen molar-refractivity contribution in [1.82, 2.24) is 0 Å². The Balaban J connectivity index is 1.98. The molecule has 144 valence electrons. The number of hydrogen-bond donors (Lipinski definition) is 0. The highest BCUT2D eigenvalue weighted by Gasteiger charge is 2.34. The van der Waals surface area contributed by atoms with Crippen molar-refractivity contribution in [1.29, 1.82) is 5.26 Å². The summed E-state index contributed by atoms with van der Waals surface area (Å²) in [7, 11) is 0. The second-order valence-electron chi connectivity index (χ2n) is 8.60. The first-order valence-corrected chi connectivity index (χ1v) is 11.2. The monoisotopic (exact) mass is 353 g/mol. The second-order valence-corrected chi connectivity index (χ2v) is 8.60. The van der Waals surface area contributed by atoms with Gasteiger partial charge >= 0.3 is 0 Å². The van der Waals surface area contributed by atoms with Gasteiger partial charge in [0.05, 0.1) is 12.0 Å². The molecule has 1 nitrogen and oxygen atoms in total. The fraction of sp³-hybridized carbons (Fsp3) is 0.720. The molecule has 0 amide bonds. The topological polar surface area (TPSA) is 23.8 Å². The minimum Gasteiger partial charge on any atom is -0.198 e. The molecule has 1 unspecified atom stereocenters. The molecule has 0 heterocycles. The fourth-order valence-electron chi connectivity index (χ4n) is 4.75. The quantitative estimate of drug-likeness (QED) is 0.370. The Morgan fingerprint density at radius 2 is 1.62 bits per heavy atom. The van der Waals surface area contributed by atoms with Crippen LogP contribution in [-0.4, -0.2) is 0 Å². The maximum Gasteiger partial charge on any atom is 0.0718 e. The summed E-state index contributed by atoms with van der Waals surface area (Å²) in [5.41, 5.74) is 3.10. The molecule has 0 aliphatic heterocycles. The summed E-state index contributed by atoms with van der Waals surface area (Å²) in [5.74, 6) is 0.0686. The Hall–Kier alpha value is -1.29. The van der Waals surface area contributed by atoms with Gasteiger partial charge in [0, 0.05) is 0 Å². The van der Waals surface area contributed by atoms with Gasteiger partial charge in [-0.25, -0.2) is 0 Å². The van der Waals surface area contributed by atoms with E-state index in [9.17, 15) is 5.26 Å². The van der Waals surface area contributed by atoms with Gasteiger partial charge in [0.25, 0.3) is 0 Å². The number of benzene rings is 1. The van der Waals surface area contributed by atoms with E-state index in [2.05, 4.69) is 44.2 Å². The lowest BCUT2D eigenvalue weighted by Gasteiger charge is -2.39. The van der Waals surface area contributed by atoms with E-state index in [1.807, 2.05) is 0 Å². The van der Waals surface area contributed by atoms with E-state index in [0.29, 0.717) is 5.41 Å². The standard InChI is InChI=1S/C25H39N/c1-3-5-7-9-12-22-13-15-23(16-14-22)24(21-26)20-25(17-6-4-2)18-10-8-11-19-25/h13-16,24H,3-12,17-20H2,1-2H3. The average Bonchev–Trinajstić information content (AvgIpc) is 2.69. The van der Waals surface area contributed by atoms with E-state index in [1.54, 1.807) is 0 Å². The zero-order valence-corrected chi connectivity index (χ0v) is 17.2. The predicted molar refractivity (Wildman–Crippen MR) is 112 cm³/mol. The lowest BCUT2D eigenvalue weighted by atomic mass is 9.66. The van der Waals surface area contributed by atoms with Gasteiger partial charge in [-0.1, -0.05) is 89.5 Å². The second kappa shape index (κ2) is 11.4. The van der Waals surface area contributed by atoms with Crippen LogP contribution in [0.5, 0.6) is 0 Å². The van der Waals surface area contributed by atoms with E-state index in [1.165, 1.54) is 94.6 Å². The maximum absolute atomic E-state index is 9.87. The van der Waals surface area contributed by atoms with Crippen LogP contribution in [0.1, 0.15) is 114 Å². The highest BCUT2D eigenvalue weighted by atomic mass is 14.4. The number of rotatable bonds is 11. The van der Waals surface area contributed by atoms with Gasteiger partial charge in [-0.05, 0) is 55.1 Å². The van der Waals surface area contributed by atoms with E-state index >= 15 is 0 Å². The third kappa shape index (κ3) is 6.46. The molecule has 0 N–H and O–H groups in total. The Kier molecular flexibility index (Phi) is 9.24. The summed E-state index contributed by atoms with van der Waals surface area (Å²) in [6, 6.07) is 11.7. The van der Waals surface area contributed by atoms with Gasteiger partial charge in [-0.3, -0.25) is 0 Å². The molecule has 1 aromatic rings. The van der Waals surface area contributed by atoms with E-state index < -0.39 is 0 Å². The van der Waals surface area contributed by atoms with Crippen LogP contribution >= 0.6 is 0 Å². The lowest BCUT2D eigenvalue weighted by Crippen LogP contribution is -2.26. The summed E-state index contributed by atoms with van der Waals surface area (Å²) in [6.07, 6.45) is 18.2. The summed E-state index contributed by atoms with van der Waals surface area (Å²) >= 11 is 0. The zero-order valence-electron chi connectivity index (χ0n) is 17.2. The van der Waals surface area contributed by atoms with Crippen LogP contribution in [0.15, 0.2) is 24.3 Å². The van der Waals surface area contributed by atoms with E-state index in [0.717, 1.165) is 6.42 Å². The molecular formula is C25H39N. The highest BCUT2D eigenvalue weighted by Crippen LogP contribution is 2.47. The van der Waals surface area contributed by atoms with Crippen molar-refractivity contribution in [2.45, 2.75) is 110 Å². The number of hydrogen-bond acceptors (Lipinski definition) is 1. The van der Waals surface area contributed by atoms with Crippen LogP contribution in [0, 0.1) is 16.7 Å². The van der Waals surface area contributed by atoms with Crippen molar-refractivity contribution < 1.29 is 0 Å². The van der Waals surface area contributed by atoms with Crippen LogP contribution in [0.4, 0.5) is 0 Å². The Morgan fingerprint density at radius 3 is 2.23 bits per heavy atom. The molecule has 1 heteroatoms. The molecule has 1 aliphatic rings. The Morgan fingerprint density at radius 1 is 0.923 bits per heavy atom. The van der Waals surface area contributed by atoms with Crippen molar-refractivity contribution in [2.75, 3.05) is 0 Å². The molecule has 0 radical (unpaired) electrons. The van der Waals surface area contributed by atoms with E-state index in [4.69, 9.17) is 0 Å². The molecule has 26 heavy (non-hydrogen) atoms. The minimum atomic E-state index is 0.0686. The SMILES string of the molecule is CCCCCCc1ccc(C(C#N)CC2(CCCC)CCCCC2)cc1. The van der Waals surface area contributed by atoms with Crippen molar-refractivity contribution in [3.63, 3.8) is 0 Å². The third-order valence-corrected chi connectivity index (χ3v) is 6.47. The van der Waals surface area contributed by atoms with Crippen molar-refractivity contribution in [3.8, 4) is 6.07 Å². The summed E-state index contributed by atoms with van der Waals surface area (Å²) in [4.78, 5) is 0. The van der Waals surface area contributed by atoms with Crippen LogP contribution in [0.25, 0.3) is 0 Å². The molecule has 0 spiro atoms. The maximum atomic E-state index is 9.87. The van der Waals surface area contributed by atoms with Crippen LogP contribution in [0.3, 0.4) is 0 Å². The largest absolute Gasteiger partial charge is 0.198 e. The van der Waals surface area contributed by atoms with Gasteiger partial charge in [0.2, 0.25) is 0 Å². The number of unbranched alkanes of at least 4 members (excludes halogenated alkanes) is 4. The van der Waals surface area contributed by atoms with E-state index in [-0.39, 0.29) is 5.92 Å². The fourth-order valence-corrected chi connectivity index (χ4v) is 4.75. The first-order chi connectivity index (χ1) is 12.7. The number of nitriles is 1. The molecule has 1 aromatic carbocycles. The third-order valence-electron chi connectivity index (χ3n) is 6.47. The van der Waals surface area contributed by atoms with Crippen molar-refractivity contribution in [3.05, 3.63) is 35.4 Å². The zero-order chi connectivity index (χ0) is 18.7. The molecule has 0 bridgehead atoms. The molecular weight excluding hydrogens is 314 g/mol. The van der Waals surface area contributed by atoms with Gasteiger partial charge < -0.3 is 0 Å². The van der Waals surface area contributed by atoms with Gasteiger partial charge in [-0.2, -0.15) is 5.26 Å². The first kappa shape index (κ1) is 21.0. The molecule has 1 saturated carbocycles. The Labute approximate surface area is 162 Å². The molecule has 0 saturated heterocycles. The first-order valence-electron chi connectivity index (χ1n) is 11.2. The molecule has 1 atom stereocenters. The molecule has 2 rings (SSSR count). The number of nitrogens with zero attached hydrogens (tertiary/aromatic N) is 1.